The van der Waals surface area contributed by atoms with Crippen molar-refractivity contribution in [3.05, 3.63) is 29.0 Å². The monoisotopic (exact) mass is 350 g/mol. The molecule has 2 aromatic heterocycles. The zero-order valence-corrected chi connectivity index (χ0v) is 15.5. The molecule has 0 radical (unpaired) electrons. The number of nitrogens with zero attached hydrogens (tertiary/aromatic N) is 3. The highest BCUT2D eigenvalue weighted by atomic mass is 32.2. The fraction of sp³-hybridized carbons (Fsp3) is 0.562. The molecule has 1 fully saturated rings. The first-order chi connectivity index (χ1) is 10.8. The molecule has 2 aromatic rings. The van der Waals surface area contributed by atoms with Crippen molar-refractivity contribution in [1.82, 2.24) is 19.1 Å². The molecule has 0 aromatic carbocycles. The molecule has 1 aliphatic carbocycles. The van der Waals surface area contributed by atoms with Crippen molar-refractivity contribution in [2.75, 3.05) is 0 Å². The quantitative estimate of drug-likeness (QED) is 0.895. The number of pyridine rings is 1. The van der Waals surface area contributed by atoms with Gasteiger partial charge in [0.25, 0.3) is 0 Å². The number of rotatable bonds is 5. The Balaban J connectivity index is 1.75. The summed E-state index contributed by atoms with van der Waals surface area (Å²) < 4.78 is 19.5. The SMILES string of the molecule is CC(NS(=O)C(C)(C)C)c1nc(-c2ccnc(C3CC3)c2)ns1. The Labute approximate surface area is 143 Å². The van der Waals surface area contributed by atoms with Crippen molar-refractivity contribution in [3.63, 3.8) is 0 Å². The molecule has 0 spiro atoms. The second kappa shape index (κ2) is 6.37. The fourth-order valence-corrected chi connectivity index (χ4v) is 3.64. The first kappa shape index (κ1) is 16.7. The summed E-state index contributed by atoms with van der Waals surface area (Å²) in [5.74, 6) is 1.34. The minimum atomic E-state index is -1.13. The highest BCUT2D eigenvalue weighted by Gasteiger charge is 2.26. The lowest BCUT2D eigenvalue weighted by Crippen LogP contribution is -2.34. The van der Waals surface area contributed by atoms with Gasteiger partial charge >= 0.3 is 0 Å². The maximum absolute atomic E-state index is 12.2. The van der Waals surface area contributed by atoms with E-state index in [0.717, 1.165) is 22.1 Å². The predicted octanol–water partition coefficient (Wildman–Crippen LogP) is 3.59. The molecule has 23 heavy (non-hydrogen) atoms. The summed E-state index contributed by atoms with van der Waals surface area (Å²) in [5, 5.41) is 0.849. The summed E-state index contributed by atoms with van der Waals surface area (Å²) in [7, 11) is -1.13. The summed E-state index contributed by atoms with van der Waals surface area (Å²) in [6.45, 7) is 7.82. The highest BCUT2D eigenvalue weighted by molar-refractivity contribution is 7.84. The van der Waals surface area contributed by atoms with E-state index in [-0.39, 0.29) is 10.8 Å². The van der Waals surface area contributed by atoms with E-state index in [1.807, 2.05) is 40.0 Å². The molecular weight excluding hydrogens is 328 g/mol. The van der Waals surface area contributed by atoms with Gasteiger partial charge in [0.1, 0.15) is 5.01 Å². The van der Waals surface area contributed by atoms with Crippen molar-refractivity contribution < 1.29 is 4.21 Å². The minimum absolute atomic E-state index is 0.0916. The maximum Gasteiger partial charge on any atom is 0.173 e. The molecule has 1 aliphatic rings. The molecule has 124 valence electrons. The van der Waals surface area contributed by atoms with Gasteiger partial charge in [0, 0.05) is 23.4 Å². The van der Waals surface area contributed by atoms with Gasteiger partial charge in [0.15, 0.2) is 5.82 Å². The molecule has 2 atom stereocenters. The van der Waals surface area contributed by atoms with E-state index in [1.165, 1.54) is 24.4 Å². The summed E-state index contributed by atoms with van der Waals surface area (Å²) in [6.07, 6.45) is 4.29. The van der Waals surface area contributed by atoms with Crippen LogP contribution < -0.4 is 4.72 Å². The number of aromatic nitrogens is 3. The van der Waals surface area contributed by atoms with Gasteiger partial charge < -0.3 is 0 Å². The van der Waals surface area contributed by atoms with Crippen LogP contribution in [0.1, 0.15) is 63.2 Å². The van der Waals surface area contributed by atoms with E-state index in [9.17, 15) is 4.21 Å². The zero-order valence-electron chi connectivity index (χ0n) is 13.9. The molecule has 2 unspecified atom stereocenters. The van der Waals surface area contributed by atoms with E-state index >= 15 is 0 Å². The van der Waals surface area contributed by atoms with Crippen molar-refractivity contribution >= 4 is 22.5 Å². The summed E-state index contributed by atoms with van der Waals surface area (Å²) in [4.78, 5) is 9.05. The third-order valence-corrected chi connectivity index (χ3v) is 6.26. The topological polar surface area (TPSA) is 67.8 Å². The second-order valence-electron chi connectivity index (χ2n) is 6.92. The van der Waals surface area contributed by atoms with Crippen LogP contribution >= 0.6 is 11.5 Å². The Morgan fingerprint density at radius 3 is 2.78 bits per heavy atom. The van der Waals surface area contributed by atoms with Crippen LogP contribution in [0.15, 0.2) is 18.3 Å². The average Bonchev–Trinajstić information content (AvgIpc) is 3.23. The standard InChI is InChI=1S/C16H22N4OS2/c1-10(20-23(21)16(2,3)4)15-18-14(19-22-15)12-7-8-17-13(9-12)11-5-6-11/h7-11,20H,5-6H2,1-4H3. The molecule has 1 N–H and O–H groups in total. The smallest absolute Gasteiger partial charge is 0.173 e. The van der Waals surface area contributed by atoms with E-state index in [4.69, 9.17) is 0 Å². The molecule has 1 saturated carbocycles. The van der Waals surface area contributed by atoms with Gasteiger partial charge in [-0.2, -0.15) is 4.37 Å². The van der Waals surface area contributed by atoms with Gasteiger partial charge in [-0.15, -0.1) is 0 Å². The van der Waals surface area contributed by atoms with Gasteiger partial charge in [-0.05, 0) is 64.2 Å². The van der Waals surface area contributed by atoms with Crippen LogP contribution in [-0.2, 0) is 11.0 Å². The zero-order chi connectivity index (χ0) is 16.6. The van der Waals surface area contributed by atoms with Crippen LogP contribution in [0, 0.1) is 0 Å². The van der Waals surface area contributed by atoms with Crippen LogP contribution in [-0.4, -0.2) is 23.3 Å². The number of hydrogen-bond acceptors (Lipinski definition) is 5. The molecule has 0 saturated heterocycles. The summed E-state index contributed by atoms with van der Waals surface area (Å²) in [6, 6.07) is 3.95. The first-order valence-electron chi connectivity index (χ1n) is 7.82. The molecule has 0 aliphatic heterocycles. The Kier molecular flexibility index (Phi) is 4.62. The van der Waals surface area contributed by atoms with Crippen LogP contribution in [0.5, 0.6) is 0 Å². The van der Waals surface area contributed by atoms with Crippen molar-refractivity contribution in [1.29, 1.82) is 0 Å². The van der Waals surface area contributed by atoms with E-state index < -0.39 is 11.0 Å². The lowest BCUT2D eigenvalue weighted by atomic mass is 10.2. The molecule has 0 bridgehead atoms. The lowest BCUT2D eigenvalue weighted by Gasteiger charge is -2.20. The largest absolute Gasteiger partial charge is 0.261 e. The Bertz CT molecular complexity index is 719. The third-order valence-electron chi connectivity index (χ3n) is 3.69. The van der Waals surface area contributed by atoms with Crippen LogP contribution in [0.25, 0.3) is 11.4 Å². The number of nitrogens with one attached hydrogen (secondary N) is 1. The molecule has 7 heteroatoms. The normalized spacial score (nSPS) is 17.9. The van der Waals surface area contributed by atoms with Crippen molar-refractivity contribution in [2.24, 2.45) is 0 Å². The van der Waals surface area contributed by atoms with Crippen LogP contribution in [0.2, 0.25) is 0 Å². The minimum Gasteiger partial charge on any atom is -0.261 e. The van der Waals surface area contributed by atoms with Crippen LogP contribution in [0.4, 0.5) is 0 Å². The Hall–Kier alpha value is -1.18. The Morgan fingerprint density at radius 2 is 2.13 bits per heavy atom. The van der Waals surface area contributed by atoms with Gasteiger partial charge in [0.05, 0.1) is 21.8 Å². The van der Waals surface area contributed by atoms with E-state index in [0.29, 0.717) is 5.92 Å². The molecule has 2 heterocycles. The molecule has 5 nitrogen and oxygen atoms in total. The predicted molar refractivity (Wildman–Crippen MR) is 94.6 cm³/mol. The van der Waals surface area contributed by atoms with Gasteiger partial charge in [-0.1, -0.05) is 0 Å². The molecular formula is C16H22N4OS2. The van der Waals surface area contributed by atoms with E-state index in [1.54, 1.807) is 0 Å². The van der Waals surface area contributed by atoms with Gasteiger partial charge in [0.2, 0.25) is 0 Å². The van der Waals surface area contributed by atoms with Gasteiger partial charge in [-0.25, -0.2) is 13.9 Å². The van der Waals surface area contributed by atoms with E-state index in [2.05, 4.69) is 25.1 Å². The van der Waals surface area contributed by atoms with Gasteiger partial charge in [-0.3, -0.25) is 4.98 Å². The highest BCUT2D eigenvalue weighted by Crippen LogP contribution is 2.39. The summed E-state index contributed by atoms with van der Waals surface area (Å²) >= 11 is 1.36. The van der Waals surface area contributed by atoms with Crippen molar-refractivity contribution in [2.45, 2.75) is 57.2 Å². The average molecular weight is 351 g/mol. The molecule has 0 amide bonds. The van der Waals surface area contributed by atoms with Crippen molar-refractivity contribution in [3.8, 4) is 11.4 Å². The Morgan fingerprint density at radius 1 is 1.39 bits per heavy atom. The first-order valence-corrected chi connectivity index (χ1v) is 9.75. The lowest BCUT2D eigenvalue weighted by molar-refractivity contribution is 0.615. The van der Waals surface area contributed by atoms with Crippen LogP contribution in [0.3, 0.4) is 0 Å². The fourth-order valence-electron chi connectivity index (χ4n) is 2.11. The molecule has 3 rings (SSSR count). The number of hydrogen-bond donors (Lipinski definition) is 1. The maximum atomic E-state index is 12.2. The summed E-state index contributed by atoms with van der Waals surface area (Å²) in [5.41, 5.74) is 2.15. The third kappa shape index (κ3) is 4.02. The second-order valence-corrected chi connectivity index (χ2v) is 9.70.